The summed E-state index contributed by atoms with van der Waals surface area (Å²) in [6.07, 6.45) is 2.16. The second kappa shape index (κ2) is 7.04. The van der Waals surface area contributed by atoms with Gasteiger partial charge in [-0.05, 0) is 43.8 Å². The molecule has 0 amide bonds. The third-order valence-electron chi connectivity index (χ3n) is 2.17. The van der Waals surface area contributed by atoms with E-state index in [1.807, 2.05) is 6.92 Å². The van der Waals surface area contributed by atoms with Crippen molar-refractivity contribution in [2.45, 2.75) is 32.8 Å². The first-order chi connectivity index (χ1) is 8.02. The first-order valence-electron chi connectivity index (χ1n) is 5.45. The van der Waals surface area contributed by atoms with Gasteiger partial charge >= 0.3 is 0 Å². The van der Waals surface area contributed by atoms with E-state index in [4.69, 9.17) is 40.2 Å². The van der Waals surface area contributed by atoms with Gasteiger partial charge in [-0.3, -0.25) is 0 Å². The van der Waals surface area contributed by atoms with E-state index in [9.17, 15) is 0 Å². The Balaban J connectivity index is 2.53. The molecule has 0 saturated heterocycles. The molecule has 1 aromatic rings. The number of hydrogen-bond acceptors (Lipinski definition) is 2. The molecule has 0 heterocycles. The summed E-state index contributed by atoms with van der Waals surface area (Å²) in [7, 11) is 0. The monoisotopic (exact) mass is 291 g/mol. The number of halogens is 2. The number of rotatable bonds is 4. The zero-order valence-electron chi connectivity index (χ0n) is 9.80. The number of hydrogen-bond donors (Lipinski definition) is 1. The van der Waals surface area contributed by atoms with Crippen molar-refractivity contribution < 1.29 is 4.74 Å². The Morgan fingerprint density at radius 1 is 1.41 bits per heavy atom. The van der Waals surface area contributed by atoms with E-state index < -0.39 is 0 Å². The lowest BCUT2D eigenvalue weighted by Gasteiger charge is -2.15. The average Bonchev–Trinajstić information content (AvgIpc) is 2.23. The number of benzene rings is 1. The number of ether oxygens (including phenoxy) is 1. The predicted molar refractivity (Wildman–Crippen MR) is 78.1 cm³/mol. The van der Waals surface area contributed by atoms with Gasteiger partial charge in [0.05, 0.1) is 16.1 Å². The summed E-state index contributed by atoms with van der Waals surface area (Å²) in [6, 6.07) is 5.22. The van der Waals surface area contributed by atoms with Crippen LogP contribution in [0.5, 0.6) is 0 Å². The standard InChI is InChI=1S/C12H15Cl2NOS/c1-3-4-8(2)16-12(17)15-9-5-6-10(13)11(14)7-9/h5-8H,3-4H2,1-2H3,(H,15,17). The number of anilines is 1. The fourth-order valence-corrected chi connectivity index (χ4v) is 1.95. The van der Waals surface area contributed by atoms with Crippen LogP contribution in [0.4, 0.5) is 5.69 Å². The molecule has 1 rings (SSSR count). The van der Waals surface area contributed by atoms with Gasteiger partial charge in [0.25, 0.3) is 5.17 Å². The third-order valence-corrected chi connectivity index (χ3v) is 3.11. The maximum Gasteiger partial charge on any atom is 0.261 e. The summed E-state index contributed by atoms with van der Waals surface area (Å²) in [5, 5.41) is 4.32. The van der Waals surface area contributed by atoms with Crippen LogP contribution in [0.2, 0.25) is 10.0 Å². The fourth-order valence-electron chi connectivity index (χ4n) is 1.37. The molecule has 0 aliphatic carbocycles. The summed E-state index contributed by atoms with van der Waals surface area (Å²) in [5.74, 6) is 0. The largest absolute Gasteiger partial charge is 0.468 e. The van der Waals surface area contributed by atoms with Crippen molar-refractivity contribution in [2.75, 3.05) is 5.32 Å². The summed E-state index contributed by atoms with van der Waals surface area (Å²) in [6.45, 7) is 4.10. The van der Waals surface area contributed by atoms with Gasteiger partial charge in [0.2, 0.25) is 0 Å². The molecular weight excluding hydrogens is 277 g/mol. The number of nitrogens with one attached hydrogen (secondary N) is 1. The Kier molecular flexibility index (Phi) is 6.03. The van der Waals surface area contributed by atoms with E-state index in [2.05, 4.69) is 12.2 Å². The van der Waals surface area contributed by atoms with Crippen molar-refractivity contribution in [3.63, 3.8) is 0 Å². The molecule has 2 nitrogen and oxygen atoms in total. The molecule has 0 aliphatic rings. The minimum absolute atomic E-state index is 0.114. The summed E-state index contributed by atoms with van der Waals surface area (Å²) in [4.78, 5) is 0. The lowest BCUT2D eigenvalue weighted by atomic mass is 10.2. The fraction of sp³-hybridized carbons (Fsp3) is 0.417. The minimum atomic E-state index is 0.114. The van der Waals surface area contributed by atoms with Gasteiger partial charge in [-0.15, -0.1) is 0 Å². The lowest BCUT2D eigenvalue weighted by Crippen LogP contribution is -2.19. The van der Waals surface area contributed by atoms with Crippen molar-refractivity contribution in [1.29, 1.82) is 0 Å². The van der Waals surface area contributed by atoms with Crippen LogP contribution in [0, 0.1) is 0 Å². The Hall–Kier alpha value is -0.510. The SMILES string of the molecule is CCCC(C)OC(=S)Nc1ccc(Cl)c(Cl)c1. The first-order valence-corrected chi connectivity index (χ1v) is 6.62. The van der Waals surface area contributed by atoms with Crippen LogP contribution < -0.4 is 5.32 Å². The highest BCUT2D eigenvalue weighted by Crippen LogP contribution is 2.25. The molecule has 1 unspecified atom stereocenters. The molecule has 0 aliphatic heterocycles. The van der Waals surface area contributed by atoms with Gasteiger partial charge in [0, 0.05) is 5.69 Å². The highest BCUT2D eigenvalue weighted by atomic mass is 35.5. The molecule has 1 aromatic carbocycles. The van der Waals surface area contributed by atoms with Gasteiger partial charge in [-0.2, -0.15) is 0 Å². The van der Waals surface area contributed by atoms with Crippen LogP contribution >= 0.6 is 35.4 Å². The third kappa shape index (κ3) is 5.11. The van der Waals surface area contributed by atoms with E-state index in [-0.39, 0.29) is 6.10 Å². The molecular formula is C12H15Cl2NOS. The van der Waals surface area contributed by atoms with Gasteiger partial charge in [0.15, 0.2) is 0 Å². The van der Waals surface area contributed by atoms with Crippen LogP contribution in [-0.2, 0) is 4.74 Å². The average molecular weight is 292 g/mol. The zero-order valence-corrected chi connectivity index (χ0v) is 12.1. The first kappa shape index (κ1) is 14.6. The highest BCUT2D eigenvalue weighted by molar-refractivity contribution is 7.80. The van der Waals surface area contributed by atoms with Crippen molar-refractivity contribution in [1.82, 2.24) is 0 Å². The normalized spacial score (nSPS) is 12.0. The molecule has 0 aromatic heterocycles. The maximum absolute atomic E-state index is 5.90. The van der Waals surface area contributed by atoms with E-state index >= 15 is 0 Å². The van der Waals surface area contributed by atoms with E-state index in [0.29, 0.717) is 15.2 Å². The van der Waals surface area contributed by atoms with Gasteiger partial charge in [-0.25, -0.2) is 0 Å². The quantitative estimate of drug-likeness (QED) is 0.798. The van der Waals surface area contributed by atoms with E-state index in [1.54, 1.807) is 18.2 Å². The van der Waals surface area contributed by atoms with Gasteiger partial charge < -0.3 is 10.1 Å². The highest BCUT2D eigenvalue weighted by Gasteiger charge is 2.06. The van der Waals surface area contributed by atoms with Gasteiger partial charge in [0.1, 0.15) is 0 Å². The smallest absolute Gasteiger partial charge is 0.261 e. The Bertz CT molecular complexity index is 398. The molecule has 94 valence electrons. The van der Waals surface area contributed by atoms with Crippen LogP contribution in [0.25, 0.3) is 0 Å². The Labute approximate surface area is 117 Å². The Morgan fingerprint density at radius 3 is 2.71 bits per heavy atom. The second-order valence-corrected chi connectivity index (χ2v) is 4.94. The molecule has 17 heavy (non-hydrogen) atoms. The van der Waals surface area contributed by atoms with Crippen molar-refractivity contribution in [3.05, 3.63) is 28.2 Å². The van der Waals surface area contributed by atoms with E-state index in [0.717, 1.165) is 18.5 Å². The topological polar surface area (TPSA) is 21.3 Å². The van der Waals surface area contributed by atoms with Crippen molar-refractivity contribution in [2.24, 2.45) is 0 Å². The van der Waals surface area contributed by atoms with Crippen LogP contribution in [0.3, 0.4) is 0 Å². The maximum atomic E-state index is 5.90. The van der Waals surface area contributed by atoms with Crippen molar-refractivity contribution in [3.8, 4) is 0 Å². The molecule has 0 spiro atoms. The summed E-state index contributed by atoms with van der Waals surface area (Å²) in [5.41, 5.74) is 0.771. The summed E-state index contributed by atoms with van der Waals surface area (Å²) < 4.78 is 5.51. The Morgan fingerprint density at radius 2 is 2.12 bits per heavy atom. The summed E-state index contributed by atoms with van der Waals surface area (Å²) >= 11 is 16.8. The molecule has 5 heteroatoms. The zero-order chi connectivity index (χ0) is 12.8. The molecule has 0 saturated carbocycles. The van der Waals surface area contributed by atoms with Crippen LogP contribution in [-0.4, -0.2) is 11.3 Å². The molecule has 1 atom stereocenters. The number of thiocarbonyl (C=S) groups is 1. The molecule has 0 bridgehead atoms. The minimum Gasteiger partial charge on any atom is -0.468 e. The lowest BCUT2D eigenvalue weighted by molar-refractivity contribution is 0.202. The van der Waals surface area contributed by atoms with Crippen LogP contribution in [0.15, 0.2) is 18.2 Å². The molecule has 0 radical (unpaired) electrons. The van der Waals surface area contributed by atoms with Gasteiger partial charge in [-0.1, -0.05) is 36.5 Å². The van der Waals surface area contributed by atoms with E-state index in [1.165, 1.54) is 0 Å². The molecule has 1 N–H and O–H groups in total. The molecule has 0 fully saturated rings. The second-order valence-electron chi connectivity index (χ2n) is 3.76. The van der Waals surface area contributed by atoms with Crippen LogP contribution in [0.1, 0.15) is 26.7 Å². The predicted octanol–water partition coefficient (Wildman–Crippen LogP) is 4.90. The van der Waals surface area contributed by atoms with Crippen molar-refractivity contribution >= 4 is 46.3 Å².